The van der Waals surface area contributed by atoms with Crippen LogP contribution >= 0.6 is 0 Å². The molecule has 2 aromatic heterocycles. The van der Waals surface area contributed by atoms with Crippen molar-refractivity contribution in [2.75, 3.05) is 7.11 Å². The van der Waals surface area contributed by atoms with E-state index in [1.807, 2.05) is 19.3 Å². The summed E-state index contributed by atoms with van der Waals surface area (Å²) in [4.78, 5) is 4.02. The lowest BCUT2D eigenvalue weighted by Crippen LogP contribution is -2.29. The maximum Gasteiger partial charge on any atom is 0.142 e. The first kappa shape index (κ1) is 11.6. The first-order valence-corrected chi connectivity index (χ1v) is 5.19. The fourth-order valence-electron chi connectivity index (χ4n) is 1.75. The Hall–Kier alpha value is -1.92. The molecule has 2 aromatic rings. The molecule has 0 spiro atoms. The highest BCUT2D eigenvalue weighted by atomic mass is 16.5. The number of hydrogen-bond donors (Lipinski definition) is 2. The van der Waals surface area contributed by atoms with Gasteiger partial charge in [-0.15, -0.1) is 0 Å². The minimum atomic E-state index is -0.165. The minimum Gasteiger partial charge on any atom is -0.495 e. The number of nitrogens with zero attached hydrogens (tertiary/aromatic N) is 3. The Kier molecular flexibility index (Phi) is 3.36. The zero-order valence-electron chi connectivity index (χ0n) is 9.79. The van der Waals surface area contributed by atoms with Crippen molar-refractivity contribution in [2.45, 2.75) is 6.04 Å². The van der Waals surface area contributed by atoms with E-state index in [0.717, 1.165) is 11.1 Å². The van der Waals surface area contributed by atoms with Crippen LogP contribution in [0.1, 0.15) is 17.2 Å². The van der Waals surface area contributed by atoms with Crippen LogP contribution < -0.4 is 16.0 Å². The number of hydrogen-bond acceptors (Lipinski definition) is 5. The van der Waals surface area contributed by atoms with Gasteiger partial charge in [-0.1, -0.05) is 0 Å². The van der Waals surface area contributed by atoms with Crippen LogP contribution in [0.2, 0.25) is 0 Å². The molecule has 0 bridgehead atoms. The second kappa shape index (κ2) is 4.94. The van der Waals surface area contributed by atoms with Crippen molar-refractivity contribution in [1.82, 2.24) is 20.2 Å². The molecule has 2 rings (SSSR count). The Morgan fingerprint density at radius 3 is 2.88 bits per heavy atom. The Morgan fingerprint density at radius 1 is 1.47 bits per heavy atom. The smallest absolute Gasteiger partial charge is 0.142 e. The van der Waals surface area contributed by atoms with E-state index in [0.29, 0.717) is 5.75 Å². The van der Waals surface area contributed by atoms with Gasteiger partial charge in [0.05, 0.1) is 25.5 Å². The van der Waals surface area contributed by atoms with E-state index in [1.165, 1.54) is 0 Å². The number of nitrogens with one attached hydrogen (secondary N) is 1. The topological polar surface area (TPSA) is 78.0 Å². The molecule has 17 heavy (non-hydrogen) atoms. The van der Waals surface area contributed by atoms with E-state index in [-0.39, 0.29) is 6.04 Å². The zero-order chi connectivity index (χ0) is 12.3. The SMILES string of the molecule is COc1cnccc1C(NN)c1cnn(C)c1. The predicted octanol–water partition coefficient (Wildman–Crippen LogP) is 0.376. The predicted molar refractivity (Wildman–Crippen MR) is 63.2 cm³/mol. The van der Waals surface area contributed by atoms with Crippen LogP contribution in [0.3, 0.4) is 0 Å². The van der Waals surface area contributed by atoms with Gasteiger partial charge in [-0.3, -0.25) is 15.5 Å². The number of hydrazine groups is 1. The fourth-order valence-corrected chi connectivity index (χ4v) is 1.75. The van der Waals surface area contributed by atoms with E-state index in [2.05, 4.69) is 15.5 Å². The van der Waals surface area contributed by atoms with Gasteiger partial charge in [0.15, 0.2) is 0 Å². The maximum atomic E-state index is 5.61. The van der Waals surface area contributed by atoms with E-state index >= 15 is 0 Å². The summed E-state index contributed by atoms with van der Waals surface area (Å²) in [5, 5.41) is 4.13. The van der Waals surface area contributed by atoms with Gasteiger partial charge < -0.3 is 4.74 Å². The molecule has 0 radical (unpaired) electrons. The van der Waals surface area contributed by atoms with Gasteiger partial charge in [0.1, 0.15) is 5.75 Å². The molecule has 6 heteroatoms. The van der Waals surface area contributed by atoms with Crippen LogP contribution in [-0.2, 0) is 7.05 Å². The maximum absolute atomic E-state index is 5.61. The molecular formula is C11H15N5O. The average Bonchev–Trinajstić information content (AvgIpc) is 2.77. The number of pyridine rings is 1. The molecule has 0 saturated carbocycles. The van der Waals surface area contributed by atoms with Crippen molar-refractivity contribution >= 4 is 0 Å². The number of ether oxygens (including phenoxy) is 1. The minimum absolute atomic E-state index is 0.165. The number of aromatic nitrogens is 3. The Balaban J connectivity index is 2.41. The van der Waals surface area contributed by atoms with Gasteiger partial charge in [-0.05, 0) is 6.07 Å². The molecule has 0 aliphatic heterocycles. The first-order valence-electron chi connectivity index (χ1n) is 5.19. The van der Waals surface area contributed by atoms with Crippen molar-refractivity contribution in [2.24, 2.45) is 12.9 Å². The summed E-state index contributed by atoms with van der Waals surface area (Å²) >= 11 is 0. The molecule has 1 unspecified atom stereocenters. The highest BCUT2D eigenvalue weighted by molar-refractivity contribution is 5.38. The fraction of sp³-hybridized carbons (Fsp3) is 0.273. The highest BCUT2D eigenvalue weighted by Crippen LogP contribution is 2.27. The Morgan fingerprint density at radius 2 is 2.29 bits per heavy atom. The molecule has 1 atom stereocenters. The van der Waals surface area contributed by atoms with E-state index in [1.54, 1.807) is 30.4 Å². The molecule has 90 valence electrons. The van der Waals surface area contributed by atoms with Gasteiger partial charge in [-0.25, -0.2) is 5.43 Å². The molecule has 0 fully saturated rings. The average molecular weight is 233 g/mol. The van der Waals surface area contributed by atoms with Gasteiger partial charge in [0, 0.05) is 30.6 Å². The number of methoxy groups -OCH3 is 1. The molecule has 3 N–H and O–H groups in total. The second-order valence-corrected chi connectivity index (χ2v) is 3.66. The summed E-state index contributed by atoms with van der Waals surface area (Å²) < 4.78 is 7.00. The standard InChI is InChI=1S/C11H15N5O/c1-16-7-8(5-14-16)11(15-12)9-3-4-13-6-10(9)17-2/h3-7,11,15H,12H2,1-2H3. The molecule has 0 aliphatic rings. The molecule has 6 nitrogen and oxygen atoms in total. The second-order valence-electron chi connectivity index (χ2n) is 3.66. The van der Waals surface area contributed by atoms with Crippen molar-refractivity contribution in [3.8, 4) is 5.75 Å². The van der Waals surface area contributed by atoms with Crippen LogP contribution in [0, 0.1) is 0 Å². The monoisotopic (exact) mass is 233 g/mol. The third kappa shape index (κ3) is 2.27. The van der Waals surface area contributed by atoms with Gasteiger partial charge in [0.2, 0.25) is 0 Å². The largest absolute Gasteiger partial charge is 0.495 e. The molecule has 0 aromatic carbocycles. The highest BCUT2D eigenvalue weighted by Gasteiger charge is 2.18. The Labute approximate surface area is 99.4 Å². The summed E-state index contributed by atoms with van der Waals surface area (Å²) in [6.07, 6.45) is 7.05. The van der Waals surface area contributed by atoms with Crippen molar-refractivity contribution in [3.05, 3.63) is 42.0 Å². The summed E-state index contributed by atoms with van der Waals surface area (Å²) in [5.74, 6) is 6.30. The van der Waals surface area contributed by atoms with E-state index in [4.69, 9.17) is 10.6 Å². The first-order chi connectivity index (χ1) is 8.26. The van der Waals surface area contributed by atoms with Crippen LogP contribution in [0.15, 0.2) is 30.9 Å². The number of rotatable bonds is 4. The van der Waals surface area contributed by atoms with Gasteiger partial charge in [0.25, 0.3) is 0 Å². The molecule has 2 heterocycles. The molecule has 0 saturated heterocycles. The third-order valence-corrected chi connectivity index (χ3v) is 2.57. The summed E-state index contributed by atoms with van der Waals surface area (Å²) in [6.45, 7) is 0. The zero-order valence-corrected chi connectivity index (χ0v) is 9.79. The summed E-state index contributed by atoms with van der Waals surface area (Å²) in [5.41, 5.74) is 4.66. The van der Waals surface area contributed by atoms with Crippen LogP contribution in [0.4, 0.5) is 0 Å². The van der Waals surface area contributed by atoms with Crippen LogP contribution in [0.25, 0.3) is 0 Å². The van der Waals surface area contributed by atoms with Gasteiger partial charge in [-0.2, -0.15) is 5.10 Å². The lowest BCUT2D eigenvalue weighted by atomic mass is 10.0. The number of aryl methyl sites for hydroxylation is 1. The van der Waals surface area contributed by atoms with Gasteiger partial charge >= 0.3 is 0 Å². The third-order valence-electron chi connectivity index (χ3n) is 2.57. The van der Waals surface area contributed by atoms with Crippen LogP contribution in [0.5, 0.6) is 5.75 Å². The van der Waals surface area contributed by atoms with E-state index in [9.17, 15) is 0 Å². The van der Waals surface area contributed by atoms with E-state index < -0.39 is 0 Å². The molecule has 0 aliphatic carbocycles. The molecular weight excluding hydrogens is 218 g/mol. The summed E-state index contributed by atoms with van der Waals surface area (Å²) in [7, 11) is 3.47. The van der Waals surface area contributed by atoms with Crippen molar-refractivity contribution in [3.63, 3.8) is 0 Å². The summed E-state index contributed by atoms with van der Waals surface area (Å²) in [6, 6.07) is 1.71. The Bertz CT molecular complexity index is 496. The molecule has 0 amide bonds. The quantitative estimate of drug-likeness (QED) is 0.589. The van der Waals surface area contributed by atoms with Crippen LogP contribution in [-0.4, -0.2) is 21.9 Å². The number of nitrogens with two attached hydrogens (primary N) is 1. The lowest BCUT2D eigenvalue weighted by molar-refractivity contribution is 0.402. The normalized spacial score (nSPS) is 12.4. The lowest BCUT2D eigenvalue weighted by Gasteiger charge is -2.17. The van der Waals surface area contributed by atoms with Crippen molar-refractivity contribution < 1.29 is 4.74 Å². The van der Waals surface area contributed by atoms with Crippen molar-refractivity contribution in [1.29, 1.82) is 0 Å².